The number of halogens is 3. The molecule has 0 aliphatic heterocycles. The average molecular weight is 444 g/mol. The lowest BCUT2D eigenvalue weighted by Crippen LogP contribution is -2.19. The first-order chi connectivity index (χ1) is 14.7. The first-order valence-electron chi connectivity index (χ1n) is 10.7. The van der Waals surface area contributed by atoms with Gasteiger partial charge in [-0.05, 0) is 55.7 Å². The van der Waals surface area contributed by atoms with Crippen LogP contribution >= 0.6 is 0 Å². The number of carboxylic acids is 1. The van der Waals surface area contributed by atoms with Gasteiger partial charge >= 0.3 is 12.1 Å². The summed E-state index contributed by atoms with van der Waals surface area (Å²) in [5, 5.41) is 29.0. The summed E-state index contributed by atoms with van der Waals surface area (Å²) in [5.41, 5.74) is -0.805. The number of benzene rings is 1. The molecule has 31 heavy (non-hydrogen) atoms. The van der Waals surface area contributed by atoms with E-state index in [4.69, 9.17) is 9.84 Å². The lowest BCUT2D eigenvalue weighted by molar-refractivity contribution is -0.138. The molecule has 5 nitrogen and oxygen atoms in total. The van der Waals surface area contributed by atoms with E-state index < -0.39 is 29.9 Å². The van der Waals surface area contributed by atoms with Crippen molar-refractivity contribution in [2.45, 2.75) is 69.8 Å². The normalized spacial score (nSPS) is 22.7. The Morgan fingerprint density at radius 1 is 1.19 bits per heavy atom. The zero-order valence-electron chi connectivity index (χ0n) is 17.4. The zero-order chi connectivity index (χ0) is 22.9. The standard InChI is InChI=1S/C23H31F3O5/c24-23(25,26)17-6-5-7-19(14-17)31-15-18(27)12-10-16-11-13-21(28)20(16)8-3-1-2-4-9-22(29)30/h5-7,10,12,14,16,18,20-21,27-28H,1-4,8-9,11,13,15H2,(H,29,30). The molecule has 0 amide bonds. The Kier molecular flexibility index (Phi) is 9.84. The minimum absolute atomic E-state index is 0.0411. The zero-order valence-corrected chi connectivity index (χ0v) is 17.4. The highest BCUT2D eigenvalue weighted by Gasteiger charge is 2.33. The van der Waals surface area contributed by atoms with E-state index in [0.717, 1.165) is 44.2 Å². The fourth-order valence-electron chi connectivity index (χ4n) is 4.00. The van der Waals surface area contributed by atoms with Crippen LogP contribution in [0.5, 0.6) is 5.75 Å². The number of aliphatic hydroxyl groups excluding tert-OH is 2. The van der Waals surface area contributed by atoms with Crippen molar-refractivity contribution in [3.8, 4) is 5.75 Å². The molecule has 8 heteroatoms. The fraction of sp³-hybridized carbons (Fsp3) is 0.609. The molecule has 1 aromatic rings. The molecule has 1 saturated carbocycles. The maximum absolute atomic E-state index is 12.7. The third kappa shape index (κ3) is 8.91. The molecule has 4 atom stereocenters. The van der Waals surface area contributed by atoms with Gasteiger partial charge in [-0.15, -0.1) is 0 Å². The minimum atomic E-state index is -4.45. The molecule has 3 N–H and O–H groups in total. The molecule has 1 aliphatic rings. The number of aliphatic carboxylic acids is 1. The predicted octanol–water partition coefficient (Wildman–Crippen LogP) is 4.81. The predicted molar refractivity (Wildman–Crippen MR) is 110 cm³/mol. The first-order valence-corrected chi connectivity index (χ1v) is 10.7. The van der Waals surface area contributed by atoms with Crippen molar-refractivity contribution in [1.29, 1.82) is 0 Å². The van der Waals surface area contributed by atoms with Crippen LogP contribution in [-0.4, -0.2) is 40.1 Å². The van der Waals surface area contributed by atoms with E-state index in [2.05, 4.69) is 0 Å². The highest BCUT2D eigenvalue weighted by Crippen LogP contribution is 2.37. The number of aliphatic hydroxyl groups is 2. The Bertz CT molecular complexity index is 719. The smallest absolute Gasteiger partial charge is 0.416 e. The van der Waals surface area contributed by atoms with Gasteiger partial charge in [-0.1, -0.05) is 37.5 Å². The van der Waals surface area contributed by atoms with Crippen LogP contribution in [0.15, 0.2) is 36.4 Å². The van der Waals surface area contributed by atoms with E-state index in [9.17, 15) is 28.2 Å². The van der Waals surface area contributed by atoms with Crippen molar-refractivity contribution in [3.63, 3.8) is 0 Å². The number of unbranched alkanes of at least 4 members (excludes halogenated alkanes) is 3. The molecule has 0 saturated heterocycles. The van der Waals surface area contributed by atoms with E-state index in [1.54, 1.807) is 6.08 Å². The Hall–Kier alpha value is -2.06. The van der Waals surface area contributed by atoms with Gasteiger partial charge in [0.2, 0.25) is 0 Å². The van der Waals surface area contributed by atoms with Crippen LogP contribution in [-0.2, 0) is 11.0 Å². The van der Waals surface area contributed by atoms with Gasteiger partial charge in [0.15, 0.2) is 0 Å². The summed E-state index contributed by atoms with van der Waals surface area (Å²) in [6.45, 7) is -0.165. The van der Waals surface area contributed by atoms with Crippen molar-refractivity contribution in [2.75, 3.05) is 6.61 Å². The van der Waals surface area contributed by atoms with Crippen LogP contribution < -0.4 is 4.74 Å². The lowest BCUT2D eigenvalue weighted by Gasteiger charge is -2.20. The number of alkyl halides is 3. The van der Waals surface area contributed by atoms with Crippen molar-refractivity contribution in [1.82, 2.24) is 0 Å². The molecule has 174 valence electrons. The minimum Gasteiger partial charge on any atom is -0.491 e. The quantitative estimate of drug-likeness (QED) is 0.318. The van der Waals surface area contributed by atoms with Crippen LogP contribution in [0, 0.1) is 11.8 Å². The fourth-order valence-corrected chi connectivity index (χ4v) is 4.00. The van der Waals surface area contributed by atoms with Crippen LogP contribution in [0.1, 0.15) is 56.9 Å². The Labute approximate surface area is 180 Å². The SMILES string of the molecule is O=C(O)CCCCCCC1C(O)CCC1C=CC(O)COc1cccc(C(F)(F)F)c1. The van der Waals surface area contributed by atoms with Crippen LogP contribution in [0.4, 0.5) is 13.2 Å². The Balaban J connectivity index is 1.77. The van der Waals surface area contributed by atoms with Crippen molar-refractivity contribution >= 4 is 5.97 Å². The maximum atomic E-state index is 12.7. The van der Waals surface area contributed by atoms with Crippen molar-refractivity contribution < 1.29 is 38.0 Å². The van der Waals surface area contributed by atoms with Gasteiger partial charge < -0.3 is 20.1 Å². The molecule has 1 aromatic carbocycles. The Morgan fingerprint density at radius 3 is 2.65 bits per heavy atom. The van der Waals surface area contributed by atoms with Gasteiger partial charge in [0, 0.05) is 6.42 Å². The molecule has 0 bridgehead atoms. The number of carbonyl (C=O) groups is 1. The van der Waals surface area contributed by atoms with E-state index in [0.29, 0.717) is 12.8 Å². The molecule has 0 radical (unpaired) electrons. The second-order valence-electron chi connectivity index (χ2n) is 8.11. The van der Waals surface area contributed by atoms with Crippen molar-refractivity contribution in [3.05, 3.63) is 42.0 Å². The van der Waals surface area contributed by atoms with E-state index in [1.807, 2.05) is 6.08 Å². The largest absolute Gasteiger partial charge is 0.491 e. The molecule has 1 aliphatic carbocycles. The molecular weight excluding hydrogens is 413 g/mol. The highest BCUT2D eigenvalue weighted by molar-refractivity contribution is 5.66. The summed E-state index contributed by atoms with van der Waals surface area (Å²) < 4.78 is 43.5. The van der Waals surface area contributed by atoms with E-state index >= 15 is 0 Å². The van der Waals surface area contributed by atoms with E-state index in [1.165, 1.54) is 12.1 Å². The van der Waals surface area contributed by atoms with Gasteiger partial charge in [0.1, 0.15) is 18.5 Å². The van der Waals surface area contributed by atoms with Crippen LogP contribution in [0.3, 0.4) is 0 Å². The van der Waals surface area contributed by atoms with Crippen LogP contribution in [0.25, 0.3) is 0 Å². The molecular formula is C23H31F3O5. The molecule has 1 fully saturated rings. The number of allylic oxidation sites excluding steroid dienone is 1. The second kappa shape index (κ2) is 12.1. The maximum Gasteiger partial charge on any atom is 0.416 e. The first kappa shape index (κ1) is 25.2. The number of hydrogen-bond acceptors (Lipinski definition) is 4. The summed E-state index contributed by atoms with van der Waals surface area (Å²) in [7, 11) is 0. The molecule has 0 spiro atoms. The summed E-state index contributed by atoms with van der Waals surface area (Å²) in [5.74, 6) is -0.532. The second-order valence-corrected chi connectivity index (χ2v) is 8.11. The lowest BCUT2D eigenvalue weighted by atomic mass is 9.88. The molecule has 2 rings (SSSR count). The van der Waals surface area contributed by atoms with Gasteiger partial charge in [-0.25, -0.2) is 0 Å². The third-order valence-electron chi connectivity index (χ3n) is 5.68. The summed E-state index contributed by atoms with van der Waals surface area (Å²) in [6, 6.07) is 4.52. The summed E-state index contributed by atoms with van der Waals surface area (Å²) in [4.78, 5) is 10.5. The van der Waals surface area contributed by atoms with Gasteiger partial charge in [-0.3, -0.25) is 4.79 Å². The molecule has 0 aromatic heterocycles. The summed E-state index contributed by atoms with van der Waals surface area (Å²) >= 11 is 0. The summed E-state index contributed by atoms with van der Waals surface area (Å²) in [6.07, 6.45) is 3.47. The topological polar surface area (TPSA) is 87.0 Å². The van der Waals surface area contributed by atoms with Crippen LogP contribution in [0.2, 0.25) is 0 Å². The number of ether oxygens (including phenoxy) is 1. The highest BCUT2D eigenvalue weighted by atomic mass is 19.4. The number of hydrogen-bond donors (Lipinski definition) is 3. The van der Waals surface area contributed by atoms with E-state index in [-0.39, 0.29) is 30.6 Å². The molecule has 4 unspecified atom stereocenters. The monoisotopic (exact) mass is 444 g/mol. The number of carboxylic acid groups (broad SMARTS) is 1. The van der Waals surface area contributed by atoms with Crippen molar-refractivity contribution in [2.24, 2.45) is 11.8 Å². The average Bonchev–Trinajstić information content (AvgIpc) is 3.06. The Morgan fingerprint density at radius 2 is 1.94 bits per heavy atom. The van der Waals surface area contributed by atoms with Gasteiger partial charge in [0.05, 0.1) is 11.7 Å². The third-order valence-corrected chi connectivity index (χ3v) is 5.68. The van der Waals surface area contributed by atoms with Gasteiger partial charge in [0.25, 0.3) is 0 Å². The van der Waals surface area contributed by atoms with Gasteiger partial charge in [-0.2, -0.15) is 13.2 Å². The number of rotatable bonds is 12. The molecule has 0 heterocycles.